The van der Waals surface area contributed by atoms with Crippen LogP contribution in [0.25, 0.3) is 0 Å². The summed E-state index contributed by atoms with van der Waals surface area (Å²) in [5, 5.41) is 13.1. The van der Waals surface area contributed by atoms with Crippen LogP contribution >= 0.6 is 0 Å². The van der Waals surface area contributed by atoms with Crippen molar-refractivity contribution in [3.8, 4) is 0 Å². The Morgan fingerprint density at radius 2 is 2.06 bits per heavy atom. The highest BCUT2D eigenvalue weighted by atomic mass is 16.5. The summed E-state index contributed by atoms with van der Waals surface area (Å²) in [4.78, 5) is 0. The Morgan fingerprint density at radius 3 is 2.56 bits per heavy atom. The summed E-state index contributed by atoms with van der Waals surface area (Å²) in [6.45, 7) is 10.3. The Kier molecular flexibility index (Phi) is 5.22. The Hall–Kier alpha value is -0.120. The smallest absolute Gasteiger partial charge is 0.0621 e. The molecule has 0 saturated heterocycles. The van der Waals surface area contributed by atoms with Crippen LogP contribution in [0.3, 0.4) is 0 Å². The van der Waals surface area contributed by atoms with E-state index in [1.165, 1.54) is 0 Å². The highest BCUT2D eigenvalue weighted by molar-refractivity contribution is 5.01. The van der Waals surface area contributed by atoms with Crippen LogP contribution in [0.2, 0.25) is 0 Å². The first-order valence-corrected chi connectivity index (χ1v) is 6.47. The molecule has 3 heteroatoms. The maximum atomic E-state index is 9.59. The van der Waals surface area contributed by atoms with Crippen molar-refractivity contribution < 1.29 is 9.84 Å². The van der Waals surface area contributed by atoms with Gasteiger partial charge in [-0.3, -0.25) is 0 Å². The van der Waals surface area contributed by atoms with Gasteiger partial charge in [-0.1, -0.05) is 13.8 Å². The Balaban J connectivity index is 1.96. The minimum Gasteiger partial charge on any atom is -0.392 e. The van der Waals surface area contributed by atoms with Gasteiger partial charge >= 0.3 is 0 Å². The zero-order chi connectivity index (χ0) is 12.2. The van der Waals surface area contributed by atoms with Crippen molar-refractivity contribution >= 4 is 0 Å². The van der Waals surface area contributed by atoms with Crippen molar-refractivity contribution in [3.63, 3.8) is 0 Å². The summed E-state index contributed by atoms with van der Waals surface area (Å²) < 4.78 is 5.48. The molecule has 1 aliphatic rings. The molecule has 2 unspecified atom stereocenters. The molecule has 0 aliphatic heterocycles. The number of hydrogen-bond acceptors (Lipinski definition) is 3. The van der Waals surface area contributed by atoms with Crippen LogP contribution < -0.4 is 5.32 Å². The Labute approximate surface area is 99.6 Å². The van der Waals surface area contributed by atoms with Crippen molar-refractivity contribution in [3.05, 3.63) is 0 Å². The first kappa shape index (κ1) is 13.9. The van der Waals surface area contributed by atoms with Crippen LogP contribution in [0.1, 0.15) is 47.0 Å². The number of nitrogens with one attached hydrogen (secondary N) is 1. The molecule has 0 spiro atoms. The van der Waals surface area contributed by atoms with Gasteiger partial charge in [0, 0.05) is 18.1 Å². The lowest BCUT2D eigenvalue weighted by Gasteiger charge is -2.49. The second-order valence-electron chi connectivity index (χ2n) is 5.71. The number of rotatable bonds is 7. The molecule has 3 nitrogen and oxygen atoms in total. The summed E-state index contributed by atoms with van der Waals surface area (Å²) in [6, 6.07) is 0.480. The van der Waals surface area contributed by atoms with E-state index >= 15 is 0 Å². The summed E-state index contributed by atoms with van der Waals surface area (Å²) in [5.74, 6) is 0. The van der Waals surface area contributed by atoms with Crippen LogP contribution in [0.15, 0.2) is 0 Å². The van der Waals surface area contributed by atoms with Gasteiger partial charge in [-0.05, 0) is 39.7 Å². The van der Waals surface area contributed by atoms with Gasteiger partial charge in [-0.2, -0.15) is 0 Å². The molecule has 0 aromatic carbocycles. The molecular formula is C13H27NO2. The third-order valence-corrected chi connectivity index (χ3v) is 3.63. The largest absolute Gasteiger partial charge is 0.392 e. The van der Waals surface area contributed by atoms with Crippen molar-refractivity contribution in [2.24, 2.45) is 5.41 Å². The van der Waals surface area contributed by atoms with Gasteiger partial charge in [0.2, 0.25) is 0 Å². The van der Waals surface area contributed by atoms with E-state index in [1.54, 1.807) is 0 Å². The fourth-order valence-electron chi connectivity index (χ4n) is 2.07. The zero-order valence-corrected chi connectivity index (χ0v) is 11.1. The van der Waals surface area contributed by atoms with Crippen LogP contribution in [0.5, 0.6) is 0 Å². The first-order chi connectivity index (χ1) is 7.44. The second-order valence-corrected chi connectivity index (χ2v) is 5.71. The SMILES string of the molecule is CC(C)OCCCCNC1CC(O)C1(C)C. The molecule has 1 saturated carbocycles. The molecule has 1 fully saturated rings. The van der Waals surface area contributed by atoms with E-state index in [1.807, 2.05) is 0 Å². The van der Waals surface area contributed by atoms with E-state index in [4.69, 9.17) is 4.74 Å². The molecule has 0 heterocycles. The van der Waals surface area contributed by atoms with Gasteiger partial charge in [0.1, 0.15) is 0 Å². The molecule has 0 bridgehead atoms. The van der Waals surface area contributed by atoms with Gasteiger partial charge in [-0.25, -0.2) is 0 Å². The average molecular weight is 229 g/mol. The van der Waals surface area contributed by atoms with Crippen molar-refractivity contribution in [2.75, 3.05) is 13.2 Å². The monoisotopic (exact) mass is 229 g/mol. The average Bonchev–Trinajstić information content (AvgIpc) is 2.21. The summed E-state index contributed by atoms with van der Waals surface area (Å²) >= 11 is 0. The predicted octanol–water partition coefficient (Wildman–Crippen LogP) is 1.94. The van der Waals surface area contributed by atoms with E-state index in [0.717, 1.165) is 32.4 Å². The van der Waals surface area contributed by atoms with E-state index in [-0.39, 0.29) is 11.5 Å². The maximum absolute atomic E-state index is 9.59. The molecular weight excluding hydrogens is 202 g/mol. The maximum Gasteiger partial charge on any atom is 0.0621 e. The highest BCUT2D eigenvalue weighted by Gasteiger charge is 2.46. The molecule has 0 radical (unpaired) electrons. The molecule has 0 aromatic rings. The van der Waals surface area contributed by atoms with Gasteiger partial charge < -0.3 is 15.2 Å². The minimum atomic E-state index is -0.130. The van der Waals surface area contributed by atoms with E-state index in [9.17, 15) is 5.11 Å². The van der Waals surface area contributed by atoms with Crippen molar-refractivity contribution in [1.29, 1.82) is 0 Å². The zero-order valence-electron chi connectivity index (χ0n) is 11.1. The van der Waals surface area contributed by atoms with Gasteiger partial charge in [0.15, 0.2) is 0 Å². The first-order valence-electron chi connectivity index (χ1n) is 6.47. The molecule has 0 aromatic heterocycles. The van der Waals surface area contributed by atoms with E-state index in [0.29, 0.717) is 12.1 Å². The van der Waals surface area contributed by atoms with Gasteiger partial charge in [0.25, 0.3) is 0 Å². The lowest BCUT2D eigenvalue weighted by Crippen LogP contribution is -2.60. The highest BCUT2D eigenvalue weighted by Crippen LogP contribution is 2.40. The molecule has 16 heavy (non-hydrogen) atoms. The molecule has 0 amide bonds. The summed E-state index contributed by atoms with van der Waals surface area (Å²) in [5.41, 5.74) is 0.0500. The van der Waals surface area contributed by atoms with Crippen LogP contribution in [0.4, 0.5) is 0 Å². The standard InChI is InChI=1S/C13H27NO2/c1-10(2)16-8-6-5-7-14-11-9-12(15)13(11,3)4/h10-12,14-15H,5-9H2,1-4H3. The van der Waals surface area contributed by atoms with Gasteiger partial charge in [0.05, 0.1) is 12.2 Å². The molecule has 96 valence electrons. The van der Waals surface area contributed by atoms with Crippen molar-refractivity contribution in [2.45, 2.75) is 65.2 Å². The molecule has 2 atom stereocenters. The lowest BCUT2D eigenvalue weighted by atomic mass is 9.64. The van der Waals surface area contributed by atoms with Gasteiger partial charge in [-0.15, -0.1) is 0 Å². The lowest BCUT2D eigenvalue weighted by molar-refractivity contribution is -0.0723. The third-order valence-electron chi connectivity index (χ3n) is 3.63. The number of unbranched alkanes of at least 4 members (excludes halogenated alkanes) is 1. The second kappa shape index (κ2) is 5.99. The Morgan fingerprint density at radius 1 is 1.38 bits per heavy atom. The molecule has 1 rings (SSSR count). The quantitative estimate of drug-likeness (QED) is 0.656. The normalized spacial score (nSPS) is 28.1. The third kappa shape index (κ3) is 3.72. The number of ether oxygens (including phenoxy) is 1. The van der Waals surface area contributed by atoms with Crippen LogP contribution in [-0.2, 0) is 4.74 Å². The summed E-state index contributed by atoms with van der Waals surface area (Å²) in [7, 11) is 0. The summed E-state index contributed by atoms with van der Waals surface area (Å²) in [6.07, 6.45) is 3.37. The van der Waals surface area contributed by atoms with E-state index in [2.05, 4.69) is 33.0 Å². The van der Waals surface area contributed by atoms with Crippen LogP contribution in [0, 0.1) is 5.41 Å². The number of hydrogen-bond donors (Lipinski definition) is 2. The number of aliphatic hydroxyl groups is 1. The van der Waals surface area contributed by atoms with E-state index < -0.39 is 0 Å². The Bertz CT molecular complexity index is 204. The fraction of sp³-hybridized carbons (Fsp3) is 1.00. The van der Waals surface area contributed by atoms with Crippen LogP contribution in [-0.4, -0.2) is 36.5 Å². The topological polar surface area (TPSA) is 41.5 Å². The van der Waals surface area contributed by atoms with Crippen molar-refractivity contribution in [1.82, 2.24) is 5.32 Å². The minimum absolute atomic E-state index is 0.0500. The fourth-order valence-corrected chi connectivity index (χ4v) is 2.07. The molecule has 1 aliphatic carbocycles. The predicted molar refractivity (Wildman–Crippen MR) is 66.5 cm³/mol. The molecule has 2 N–H and O–H groups in total. The number of aliphatic hydroxyl groups excluding tert-OH is 1.